The van der Waals surface area contributed by atoms with Crippen molar-refractivity contribution in [2.75, 3.05) is 5.32 Å². The first-order chi connectivity index (χ1) is 17.8. The van der Waals surface area contributed by atoms with Crippen molar-refractivity contribution in [3.05, 3.63) is 94.0 Å². The summed E-state index contributed by atoms with van der Waals surface area (Å²) in [5.41, 5.74) is -0.433. The maximum atomic E-state index is 14.4. The highest BCUT2D eigenvalue weighted by molar-refractivity contribution is 6.06. The molecule has 0 spiro atoms. The van der Waals surface area contributed by atoms with Crippen molar-refractivity contribution in [2.24, 2.45) is 0 Å². The molecule has 0 atom stereocenters. The number of hydrogen-bond donors (Lipinski definition) is 1. The number of pyridine rings is 2. The first-order valence-electron chi connectivity index (χ1n) is 11.4. The van der Waals surface area contributed by atoms with E-state index in [1.54, 1.807) is 50.4 Å². The largest absolute Gasteiger partial charge is 0.309 e. The molecule has 0 aliphatic carbocycles. The van der Waals surface area contributed by atoms with Crippen LogP contribution in [0, 0.1) is 11.6 Å². The lowest BCUT2D eigenvalue weighted by molar-refractivity contribution is -0.119. The number of amides is 1. The molecule has 11 heteroatoms. The number of aromatic nitrogens is 6. The molecule has 6 rings (SSSR count). The number of rotatable bonds is 4. The van der Waals surface area contributed by atoms with E-state index in [9.17, 15) is 18.4 Å². The summed E-state index contributed by atoms with van der Waals surface area (Å²) in [5, 5.41) is 7.97. The second-order valence-corrected chi connectivity index (χ2v) is 9.18. The van der Waals surface area contributed by atoms with Crippen molar-refractivity contribution in [3.63, 3.8) is 0 Å². The van der Waals surface area contributed by atoms with Crippen LogP contribution < -0.4 is 10.9 Å². The zero-order valence-corrected chi connectivity index (χ0v) is 19.7. The van der Waals surface area contributed by atoms with Crippen LogP contribution in [0.2, 0.25) is 0 Å². The minimum atomic E-state index is -1.08. The number of halogens is 2. The molecule has 0 unspecified atom stereocenters. The summed E-state index contributed by atoms with van der Waals surface area (Å²) in [4.78, 5) is 39.1. The highest BCUT2D eigenvalue weighted by atomic mass is 19.1. The summed E-state index contributed by atoms with van der Waals surface area (Å²) >= 11 is 0. The maximum Gasteiger partial charge on any atom is 0.292 e. The molecule has 1 amide bonds. The molecule has 0 saturated heterocycles. The fraction of sp³-hybridized carbons (Fsp3) is 0.154. The standard InChI is InChI=1S/C26H19F2N7O2/c1-26(2)18-20(32-25(26)37)30-21(31-23(18)34-12-6-10-17(28)24(34)36)19-15-8-5-11-29-22(15)35(33-19)13-14-7-3-4-9-16(14)27/h3-12H,13H2,1-2H3,(H,30,31,32,37). The Morgan fingerprint density at radius 1 is 0.973 bits per heavy atom. The predicted molar refractivity (Wildman–Crippen MR) is 131 cm³/mol. The summed E-state index contributed by atoms with van der Waals surface area (Å²) < 4.78 is 31.2. The number of nitrogens with one attached hydrogen (secondary N) is 1. The first kappa shape index (κ1) is 22.7. The Balaban J connectivity index is 1.60. The summed E-state index contributed by atoms with van der Waals surface area (Å²) in [6, 6.07) is 12.3. The summed E-state index contributed by atoms with van der Waals surface area (Å²) in [6.45, 7) is 3.45. The molecule has 0 saturated carbocycles. The average Bonchev–Trinajstić information content (AvgIpc) is 3.35. The number of fused-ring (bicyclic) bond motifs is 2. The third kappa shape index (κ3) is 3.50. The van der Waals surface area contributed by atoms with Crippen molar-refractivity contribution >= 4 is 22.8 Å². The Morgan fingerprint density at radius 3 is 2.57 bits per heavy atom. The van der Waals surface area contributed by atoms with Gasteiger partial charge in [0.2, 0.25) is 5.91 Å². The highest BCUT2D eigenvalue weighted by Crippen LogP contribution is 2.40. The van der Waals surface area contributed by atoms with Gasteiger partial charge in [-0.2, -0.15) is 5.10 Å². The molecule has 1 aliphatic heterocycles. The smallest absolute Gasteiger partial charge is 0.292 e. The van der Waals surface area contributed by atoms with E-state index in [0.29, 0.717) is 27.9 Å². The van der Waals surface area contributed by atoms with Crippen molar-refractivity contribution in [1.82, 2.24) is 29.3 Å². The normalized spacial score (nSPS) is 14.1. The molecule has 184 valence electrons. The molecule has 0 bridgehead atoms. The number of nitrogens with zero attached hydrogens (tertiary/aromatic N) is 6. The van der Waals surface area contributed by atoms with E-state index in [0.717, 1.165) is 10.6 Å². The minimum Gasteiger partial charge on any atom is -0.309 e. The molecule has 1 aromatic carbocycles. The Kier molecular flexibility index (Phi) is 4.97. The predicted octanol–water partition coefficient (Wildman–Crippen LogP) is 3.60. The van der Waals surface area contributed by atoms with Crippen molar-refractivity contribution in [2.45, 2.75) is 25.8 Å². The van der Waals surface area contributed by atoms with E-state index in [1.807, 2.05) is 0 Å². The van der Waals surface area contributed by atoms with Gasteiger partial charge in [-0.05, 0) is 44.2 Å². The van der Waals surface area contributed by atoms with Gasteiger partial charge in [-0.1, -0.05) is 18.2 Å². The SMILES string of the molecule is CC1(C)C(=O)Nc2nc(-c3nn(Cc4ccccc4F)c4ncccc34)nc(-n3cccc(F)c3=O)c21. The monoisotopic (exact) mass is 499 g/mol. The van der Waals surface area contributed by atoms with Crippen LogP contribution >= 0.6 is 0 Å². The van der Waals surface area contributed by atoms with Crippen LogP contribution in [0.4, 0.5) is 14.6 Å². The lowest BCUT2D eigenvalue weighted by Gasteiger charge is -2.19. The van der Waals surface area contributed by atoms with E-state index >= 15 is 0 Å². The quantitative estimate of drug-likeness (QED) is 0.405. The summed E-state index contributed by atoms with van der Waals surface area (Å²) in [7, 11) is 0. The van der Waals surface area contributed by atoms with Crippen molar-refractivity contribution < 1.29 is 13.6 Å². The number of carbonyl (C=O) groups is 1. The number of benzene rings is 1. The molecule has 4 aromatic heterocycles. The van der Waals surface area contributed by atoms with Gasteiger partial charge < -0.3 is 5.32 Å². The van der Waals surface area contributed by atoms with E-state index in [-0.39, 0.29) is 35.7 Å². The van der Waals surface area contributed by atoms with E-state index in [1.165, 1.54) is 23.0 Å². The molecule has 0 fully saturated rings. The van der Waals surface area contributed by atoms with Gasteiger partial charge in [0.1, 0.15) is 23.1 Å². The van der Waals surface area contributed by atoms with Gasteiger partial charge in [0.05, 0.1) is 22.9 Å². The lowest BCUT2D eigenvalue weighted by Crippen LogP contribution is -2.30. The van der Waals surface area contributed by atoms with Gasteiger partial charge in [0.15, 0.2) is 17.3 Å². The fourth-order valence-corrected chi connectivity index (χ4v) is 4.48. The maximum absolute atomic E-state index is 14.4. The molecular weight excluding hydrogens is 480 g/mol. The van der Waals surface area contributed by atoms with Crippen LogP contribution in [-0.4, -0.2) is 35.2 Å². The molecule has 37 heavy (non-hydrogen) atoms. The number of carbonyl (C=O) groups excluding carboxylic acids is 1. The second-order valence-electron chi connectivity index (χ2n) is 9.18. The van der Waals surface area contributed by atoms with Crippen molar-refractivity contribution in [3.8, 4) is 17.3 Å². The Bertz CT molecular complexity index is 1790. The van der Waals surface area contributed by atoms with Gasteiger partial charge in [0, 0.05) is 18.0 Å². The zero-order chi connectivity index (χ0) is 25.9. The van der Waals surface area contributed by atoms with Crippen LogP contribution in [-0.2, 0) is 16.8 Å². The second kappa shape index (κ2) is 8.12. The highest BCUT2D eigenvalue weighted by Gasteiger charge is 2.43. The van der Waals surface area contributed by atoms with Crippen LogP contribution in [0.15, 0.2) is 65.7 Å². The Labute approximate surface area is 208 Å². The average molecular weight is 499 g/mol. The van der Waals surface area contributed by atoms with E-state index < -0.39 is 16.8 Å². The zero-order valence-electron chi connectivity index (χ0n) is 19.7. The molecule has 5 heterocycles. The summed E-state index contributed by atoms with van der Waals surface area (Å²) in [6.07, 6.45) is 2.97. The van der Waals surface area contributed by atoms with Crippen LogP contribution in [0.3, 0.4) is 0 Å². The van der Waals surface area contributed by atoms with E-state index in [4.69, 9.17) is 0 Å². The third-order valence-corrected chi connectivity index (χ3v) is 6.44. The fourth-order valence-electron chi connectivity index (χ4n) is 4.48. The number of hydrogen-bond acceptors (Lipinski definition) is 6. The minimum absolute atomic E-state index is 0.0635. The summed E-state index contributed by atoms with van der Waals surface area (Å²) in [5.74, 6) is -1.32. The Hall–Kier alpha value is -4.80. The third-order valence-electron chi connectivity index (χ3n) is 6.44. The van der Waals surface area contributed by atoms with Gasteiger partial charge >= 0.3 is 0 Å². The van der Waals surface area contributed by atoms with Gasteiger partial charge in [0.25, 0.3) is 5.56 Å². The van der Waals surface area contributed by atoms with Crippen LogP contribution in [0.1, 0.15) is 25.0 Å². The van der Waals surface area contributed by atoms with Gasteiger partial charge in [-0.25, -0.2) is 28.4 Å². The first-order valence-corrected chi connectivity index (χ1v) is 11.4. The van der Waals surface area contributed by atoms with Crippen LogP contribution in [0.25, 0.3) is 28.4 Å². The molecular formula is C26H19F2N7O2. The molecule has 0 radical (unpaired) electrons. The van der Waals surface area contributed by atoms with Gasteiger partial charge in [-0.3, -0.25) is 14.2 Å². The topological polar surface area (TPSA) is 108 Å². The lowest BCUT2D eigenvalue weighted by atomic mass is 9.87. The van der Waals surface area contributed by atoms with Crippen molar-refractivity contribution in [1.29, 1.82) is 0 Å². The number of anilines is 1. The van der Waals surface area contributed by atoms with Crippen LogP contribution in [0.5, 0.6) is 0 Å². The van der Waals surface area contributed by atoms with E-state index in [2.05, 4.69) is 25.4 Å². The molecule has 1 N–H and O–H groups in total. The molecule has 1 aliphatic rings. The Morgan fingerprint density at radius 2 is 1.76 bits per heavy atom. The molecule has 5 aromatic rings. The molecule has 9 nitrogen and oxygen atoms in total. The van der Waals surface area contributed by atoms with Gasteiger partial charge in [-0.15, -0.1) is 0 Å².